The van der Waals surface area contributed by atoms with Crippen LogP contribution in [0.1, 0.15) is 50.5 Å². The molecular formula is C21H31N3O2. The van der Waals surface area contributed by atoms with E-state index in [0.29, 0.717) is 13.1 Å². The number of urea groups is 1. The number of β-amino-alcohol motifs (C(OH)–C–C–N with tert-alkyl or cyclic N) is 1. The molecule has 0 atom stereocenters. The molecule has 1 saturated heterocycles. The van der Waals surface area contributed by atoms with E-state index in [0.717, 1.165) is 44.9 Å². The molecule has 2 aliphatic carbocycles. The van der Waals surface area contributed by atoms with Crippen LogP contribution in [0.2, 0.25) is 0 Å². The van der Waals surface area contributed by atoms with Crippen molar-refractivity contribution in [3.63, 3.8) is 0 Å². The molecule has 5 nitrogen and oxygen atoms in total. The summed E-state index contributed by atoms with van der Waals surface area (Å²) in [6, 6.07) is 10.8. The van der Waals surface area contributed by atoms with Crippen LogP contribution in [-0.2, 0) is 5.54 Å². The summed E-state index contributed by atoms with van der Waals surface area (Å²) >= 11 is 0. The zero-order valence-electron chi connectivity index (χ0n) is 16.0. The smallest absolute Gasteiger partial charge is 0.318 e. The molecular weight excluding hydrogens is 326 g/mol. The lowest BCUT2D eigenvalue weighted by Crippen LogP contribution is -2.59. The Kier molecular flexibility index (Phi) is 4.27. The fourth-order valence-corrected chi connectivity index (χ4v) is 5.24. The summed E-state index contributed by atoms with van der Waals surface area (Å²) in [6.45, 7) is 1.19. The largest absolute Gasteiger partial charge is 0.388 e. The monoisotopic (exact) mass is 357 g/mol. The zero-order chi connectivity index (χ0) is 18.4. The van der Waals surface area contributed by atoms with Crippen molar-refractivity contribution in [1.82, 2.24) is 15.1 Å². The number of aliphatic hydroxyl groups is 1. The second-order valence-electron chi connectivity index (χ2n) is 8.84. The van der Waals surface area contributed by atoms with E-state index < -0.39 is 5.60 Å². The molecule has 3 fully saturated rings. The molecule has 1 aromatic carbocycles. The standard InChI is InChI=1S/C21H31N3O2/c1-23(2)21(17-7-4-3-5-8-17)13-11-19(12-14-21)15-22-18(25)24(19)16-20(26)9-6-10-20/h3-5,7-8,26H,6,9-16H2,1-2H3,(H,22,25)/t19-,21-. The maximum absolute atomic E-state index is 12.5. The molecule has 4 rings (SSSR count). The van der Waals surface area contributed by atoms with Crippen molar-refractivity contribution in [3.05, 3.63) is 35.9 Å². The molecule has 3 aliphatic rings. The quantitative estimate of drug-likeness (QED) is 0.871. The van der Waals surface area contributed by atoms with Crippen LogP contribution in [0, 0.1) is 0 Å². The maximum Gasteiger partial charge on any atom is 0.318 e. The molecule has 5 heteroatoms. The summed E-state index contributed by atoms with van der Waals surface area (Å²) < 4.78 is 0. The van der Waals surface area contributed by atoms with Crippen LogP contribution >= 0.6 is 0 Å². The molecule has 0 bridgehead atoms. The molecule has 26 heavy (non-hydrogen) atoms. The highest BCUT2D eigenvalue weighted by Gasteiger charge is 2.54. The third-order valence-corrected chi connectivity index (χ3v) is 7.30. The average molecular weight is 357 g/mol. The lowest BCUT2D eigenvalue weighted by atomic mass is 9.68. The van der Waals surface area contributed by atoms with Gasteiger partial charge in [0.15, 0.2) is 0 Å². The highest BCUT2D eigenvalue weighted by molar-refractivity contribution is 5.78. The second-order valence-corrected chi connectivity index (χ2v) is 8.84. The lowest BCUT2D eigenvalue weighted by Gasteiger charge is -2.52. The van der Waals surface area contributed by atoms with Crippen LogP contribution in [0.3, 0.4) is 0 Å². The highest BCUT2D eigenvalue weighted by Crippen LogP contribution is 2.48. The Hall–Kier alpha value is -1.59. The van der Waals surface area contributed by atoms with Crippen LogP contribution in [0.15, 0.2) is 30.3 Å². The fourth-order valence-electron chi connectivity index (χ4n) is 5.24. The summed E-state index contributed by atoms with van der Waals surface area (Å²) in [7, 11) is 4.33. The second kappa shape index (κ2) is 6.24. The van der Waals surface area contributed by atoms with Gasteiger partial charge in [0.2, 0.25) is 0 Å². The minimum absolute atomic E-state index is 0.00221. The topological polar surface area (TPSA) is 55.8 Å². The lowest BCUT2D eigenvalue weighted by molar-refractivity contribution is -0.0725. The van der Waals surface area contributed by atoms with Gasteiger partial charge in [-0.3, -0.25) is 4.90 Å². The van der Waals surface area contributed by atoms with Gasteiger partial charge in [0, 0.05) is 12.1 Å². The third-order valence-electron chi connectivity index (χ3n) is 7.30. The first-order chi connectivity index (χ1) is 12.4. The number of carbonyl (C=O) groups is 1. The van der Waals surface area contributed by atoms with E-state index in [-0.39, 0.29) is 17.1 Å². The van der Waals surface area contributed by atoms with Gasteiger partial charge in [-0.05, 0) is 64.6 Å². The summed E-state index contributed by atoms with van der Waals surface area (Å²) in [5.41, 5.74) is 0.583. The van der Waals surface area contributed by atoms with E-state index in [1.165, 1.54) is 5.56 Å². The predicted molar refractivity (Wildman–Crippen MR) is 102 cm³/mol. The molecule has 1 aromatic rings. The van der Waals surface area contributed by atoms with E-state index >= 15 is 0 Å². The summed E-state index contributed by atoms with van der Waals surface area (Å²) in [5.74, 6) is 0. The van der Waals surface area contributed by atoms with E-state index in [2.05, 4.69) is 54.6 Å². The summed E-state index contributed by atoms with van der Waals surface area (Å²) in [5, 5.41) is 13.7. The Balaban J connectivity index is 1.56. The Bertz CT molecular complexity index is 661. The van der Waals surface area contributed by atoms with E-state index in [1.54, 1.807) is 0 Å². The zero-order valence-corrected chi connectivity index (χ0v) is 16.0. The molecule has 2 saturated carbocycles. The molecule has 2 amide bonds. The van der Waals surface area contributed by atoms with E-state index in [9.17, 15) is 9.90 Å². The Morgan fingerprint density at radius 2 is 1.73 bits per heavy atom. The van der Waals surface area contributed by atoms with Crippen molar-refractivity contribution in [2.24, 2.45) is 0 Å². The normalized spacial score (nSPS) is 33.4. The molecule has 0 unspecified atom stereocenters. The average Bonchev–Trinajstić information content (AvgIpc) is 2.91. The first-order valence-electron chi connectivity index (χ1n) is 9.90. The van der Waals surface area contributed by atoms with Gasteiger partial charge < -0.3 is 15.3 Å². The van der Waals surface area contributed by atoms with Gasteiger partial charge in [0.1, 0.15) is 0 Å². The molecule has 1 spiro atoms. The van der Waals surface area contributed by atoms with Crippen molar-refractivity contribution in [2.75, 3.05) is 27.2 Å². The van der Waals surface area contributed by atoms with Crippen LogP contribution < -0.4 is 5.32 Å². The minimum Gasteiger partial charge on any atom is -0.388 e. The molecule has 0 aromatic heterocycles. The summed E-state index contributed by atoms with van der Waals surface area (Å²) in [4.78, 5) is 16.8. The van der Waals surface area contributed by atoms with Crippen LogP contribution in [-0.4, -0.2) is 59.3 Å². The molecule has 0 radical (unpaired) electrons. The maximum atomic E-state index is 12.5. The van der Waals surface area contributed by atoms with Crippen molar-refractivity contribution < 1.29 is 9.90 Å². The number of hydrogen-bond acceptors (Lipinski definition) is 3. The molecule has 1 aliphatic heterocycles. The number of amides is 2. The molecule has 142 valence electrons. The first kappa shape index (κ1) is 17.8. The van der Waals surface area contributed by atoms with Crippen LogP contribution in [0.5, 0.6) is 0 Å². The van der Waals surface area contributed by atoms with Gasteiger partial charge in [-0.25, -0.2) is 4.79 Å². The molecule has 2 N–H and O–H groups in total. The van der Waals surface area contributed by atoms with Gasteiger partial charge in [-0.15, -0.1) is 0 Å². The number of rotatable bonds is 4. The third kappa shape index (κ3) is 2.72. The van der Waals surface area contributed by atoms with E-state index in [4.69, 9.17) is 0 Å². The van der Waals surface area contributed by atoms with Crippen LogP contribution in [0.25, 0.3) is 0 Å². The molecule has 1 heterocycles. The van der Waals surface area contributed by atoms with Gasteiger partial charge >= 0.3 is 6.03 Å². The Labute approximate surface area is 156 Å². The van der Waals surface area contributed by atoms with Gasteiger partial charge in [-0.1, -0.05) is 30.3 Å². The Morgan fingerprint density at radius 3 is 2.27 bits per heavy atom. The number of nitrogens with one attached hydrogen (secondary N) is 1. The highest BCUT2D eigenvalue weighted by atomic mass is 16.3. The number of hydrogen-bond donors (Lipinski definition) is 2. The first-order valence-corrected chi connectivity index (χ1v) is 9.90. The van der Waals surface area contributed by atoms with Gasteiger partial charge in [0.25, 0.3) is 0 Å². The summed E-state index contributed by atoms with van der Waals surface area (Å²) in [6.07, 6.45) is 6.68. The van der Waals surface area contributed by atoms with Crippen molar-refractivity contribution >= 4 is 6.03 Å². The minimum atomic E-state index is -0.663. The van der Waals surface area contributed by atoms with Gasteiger partial charge in [0.05, 0.1) is 17.7 Å². The van der Waals surface area contributed by atoms with Gasteiger partial charge in [-0.2, -0.15) is 0 Å². The van der Waals surface area contributed by atoms with Crippen molar-refractivity contribution in [2.45, 2.75) is 61.6 Å². The fraction of sp³-hybridized carbons (Fsp3) is 0.667. The van der Waals surface area contributed by atoms with Crippen LogP contribution in [0.4, 0.5) is 4.79 Å². The number of nitrogens with zero attached hydrogens (tertiary/aromatic N) is 2. The van der Waals surface area contributed by atoms with Crippen molar-refractivity contribution in [3.8, 4) is 0 Å². The van der Waals surface area contributed by atoms with Crippen molar-refractivity contribution in [1.29, 1.82) is 0 Å². The Morgan fingerprint density at radius 1 is 1.08 bits per heavy atom. The number of carbonyl (C=O) groups excluding carboxylic acids is 1. The SMILES string of the molecule is CN(C)[C@]1(c2ccccc2)CC[C@@]2(CC1)CNC(=O)N2CC1(O)CCC1. The predicted octanol–water partition coefficient (Wildman–Crippen LogP) is 2.70. The van der Waals surface area contributed by atoms with E-state index in [1.807, 2.05) is 4.90 Å². The number of benzene rings is 1.